The summed E-state index contributed by atoms with van der Waals surface area (Å²) in [6.07, 6.45) is 4.58. The molecule has 0 radical (unpaired) electrons. The monoisotopic (exact) mass is 395 g/mol. The first-order valence-corrected chi connectivity index (χ1v) is 10.8. The first-order chi connectivity index (χ1) is 14.1. The first-order valence-electron chi connectivity index (χ1n) is 10.8. The first kappa shape index (κ1) is 19.7. The molecule has 1 aromatic carbocycles. The zero-order valence-electron chi connectivity index (χ0n) is 17.9. The lowest BCUT2D eigenvalue weighted by Crippen LogP contribution is -2.46. The molecule has 2 aliphatic heterocycles. The molecule has 1 atom stereocenters. The number of aliphatic imine (C=N–C) groups is 1. The van der Waals surface area contributed by atoms with Crippen molar-refractivity contribution in [3.8, 4) is 0 Å². The van der Waals surface area contributed by atoms with Crippen molar-refractivity contribution in [3.63, 3.8) is 0 Å². The van der Waals surface area contributed by atoms with Gasteiger partial charge in [-0.15, -0.1) is 0 Å². The number of guanidine groups is 1. The second kappa shape index (κ2) is 8.84. The van der Waals surface area contributed by atoms with Gasteiger partial charge in [0.15, 0.2) is 5.96 Å². The van der Waals surface area contributed by atoms with Crippen LogP contribution in [0.1, 0.15) is 43.4 Å². The Labute approximate surface area is 173 Å². The Hall–Kier alpha value is -2.57. The zero-order valence-corrected chi connectivity index (χ0v) is 17.9. The molecule has 2 aliphatic rings. The van der Waals surface area contributed by atoms with Crippen LogP contribution in [0.5, 0.6) is 0 Å². The van der Waals surface area contributed by atoms with Crippen molar-refractivity contribution < 1.29 is 0 Å². The number of nitrogens with one attached hydrogen (secondary N) is 2. The maximum atomic E-state index is 4.48. The van der Waals surface area contributed by atoms with Crippen molar-refractivity contribution in [3.05, 3.63) is 41.5 Å². The Morgan fingerprint density at radius 3 is 2.66 bits per heavy atom. The second-order valence-corrected chi connectivity index (χ2v) is 8.40. The van der Waals surface area contributed by atoms with E-state index in [1.165, 1.54) is 37.2 Å². The maximum absolute atomic E-state index is 4.48. The van der Waals surface area contributed by atoms with Crippen molar-refractivity contribution in [2.75, 3.05) is 25.0 Å². The molecular formula is C22H33N7. The van der Waals surface area contributed by atoms with E-state index in [2.05, 4.69) is 61.8 Å². The maximum Gasteiger partial charge on any atom is 0.191 e. The number of nitrogens with zero attached hydrogens (tertiary/aromatic N) is 5. The van der Waals surface area contributed by atoms with Crippen LogP contribution in [0, 0.1) is 12.8 Å². The lowest BCUT2D eigenvalue weighted by Gasteiger charge is -2.32. The Balaban J connectivity index is 1.27. The highest BCUT2D eigenvalue weighted by molar-refractivity contribution is 5.80. The van der Waals surface area contributed by atoms with Crippen molar-refractivity contribution in [1.29, 1.82) is 0 Å². The topological polar surface area (TPSA) is 70.4 Å². The fraction of sp³-hybridized carbons (Fsp3) is 0.591. The number of hydrogen-bond donors (Lipinski definition) is 2. The van der Waals surface area contributed by atoms with E-state index in [9.17, 15) is 0 Å². The summed E-state index contributed by atoms with van der Waals surface area (Å²) in [5.74, 6) is 3.64. The van der Waals surface area contributed by atoms with Crippen LogP contribution in [-0.4, -0.2) is 46.9 Å². The molecule has 1 fully saturated rings. The van der Waals surface area contributed by atoms with E-state index in [-0.39, 0.29) is 0 Å². The van der Waals surface area contributed by atoms with E-state index in [1.807, 2.05) is 18.7 Å². The molecule has 1 aromatic heterocycles. The van der Waals surface area contributed by atoms with Gasteiger partial charge in [-0.1, -0.05) is 19.1 Å². The minimum Gasteiger partial charge on any atom is -0.372 e. The second-order valence-electron chi connectivity index (χ2n) is 8.40. The Morgan fingerprint density at radius 2 is 1.93 bits per heavy atom. The van der Waals surface area contributed by atoms with E-state index in [0.717, 1.165) is 49.5 Å². The van der Waals surface area contributed by atoms with Crippen LogP contribution < -0.4 is 15.5 Å². The molecule has 7 heteroatoms. The highest BCUT2D eigenvalue weighted by atomic mass is 15.4. The minimum atomic E-state index is 0.318. The van der Waals surface area contributed by atoms with Gasteiger partial charge in [-0.25, -0.2) is 9.67 Å². The third-order valence-electron chi connectivity index (χ3n) is 6.07. The summed E-state index contributed by atoms with van der Waals surface area (Å²) in [4.78, 5) is 11.4. The fourth-order valence-electron chi connectivity index (χ4n) is 4.22. The Morgan fingerprint density at radius 1 is 1.17 bits per heavy atom. The standard InChI is InChI=1S/C22H33N7/c1-16-10-12-28(13-11-16)20-7-4-18(5-8-20)14-24-22(23-3)26-19-6-9-21-25-17(2)27-29(21)15-19/h4-5,7-8,16,19H,6,9-15H2,1-3H3,(H2,23,24,26). The number of aryl methyl sites for hydroxylation is 2. The van der Waals surface area contributed by atoms with Gasteiger partial charge < -0.3 is 15.5 Å². The summed E-state index contributed by atoms with van der Waals surface area (Å²) in [6, 6.07) is 9.26. The van der Waals surface area contributed by atoms with E-state index in [0.29, 0.717) is 6.04 Å². The van der Waals surface area contributed by atoms with Gasteiger partial charge in [0, 0.05) is 44.8 Å². The molecule has 29 heavy (non-hydrogen) atoms. The van der Waals surface area contributed by atoms with Gasteiger partial charge in [0.05, 0.1) is 6.54 Å². The normalized spacial score (nSPS) is 20.4. The summed E-state index contributed by atoms with van der Waals surface area (Å²) in [6.45, 7) is 8.24. The number of anilines is 1. The molecule has 4 rings (SSSR count). The van der Waals surface area contributed by atoms with E-state index >= 15 is 0 Å². The van der Waals surface area contributed by atoms with Crippen LogP contribution in [0.3, 0.4) is 0 Å². The third kappa shape index (κ3) is 4.89. The average Bonchev–Trinajstić information content (AvgIpc) is 3.11. The number of hydrogen-bond acceptors (Lipinski definition) is 4. The molecule has 1 unspecified atom stereocenters. The molecule has 2 aromatic rings. The molecule has 3 heterocycles. The largest absolute Gasteiger partial charge is 0.372 e. The van der Waals surface area contributed by atoms with Crippen LogP contribution >= 0.6 is 0 Å². The highest BCUT2D eigenvalue weighted by Gasteiger charge is 2.21. The van der Waals surface area contributed by atoms with Gasteiger partial charge in [-0.05, 0) is 49.8 Å². The van der Waals surface area contributed by atoms with Gasteiger partial charge in [0.1, 0.15) is 11.6 Å². The molecule has 7 nitrogen and oxygen atoms in total. The van der Waals surface area contributed by atoms with Crippen LogP contribution in [0.15, 0.2) is 29.3 Å². The molecule has 0 amide bonds. The van der Waals surface area contributed by atoms with Crippen LogP contribution in [0.25, 0.3) is 0 Å². The molecule has 1 saturated heterocycles. The molecule has 0 spiro atoms. The summed E-state index contributed by atoms with van der Waals surface area (Å²) >= 11 is 0. The number of piperidine rings is 1. The highest BCUT2D eigenvalue weighted by Crippen LogP contribution is 2.23. The number of aromatic nitrogens is 3. The quantitative estimate of drug-likeness (QED) is 0.615. The SMILES string of the molecule is CN=C(NCc1ccc(N2CCC(C)CC2)cc1)NC1CCc2nc(C)nn2C1. The lowest BCUT2D eigenvalue weighted by molar-refractivity contribution is 0.392. The zero-order chi connectivity index (χ0) is 20.2. The molecular weight excluding hydrogens is 362 g/mol. The smallest absolute Gasteiger partial charge is 0.191 e. The Bertz CT molecular complexity index is 831. The van der Waals surface area contributed by atoms with Crippen molar-refractivity contribution in [1.82, 2.24) is 25.4 Å². The van der Waals surface area contributed by atoms with Crippen molar-refractivity contribution in [2.24, 2.45) is 10.9 Å². The van der Waals surface area contributed by atoms with E-state index in [1.54, 1.807) is 0 Å². The molecule has 156 valence electrons. The third-order valence-corrected chi connectivity index (χ3v) is 6.07. The van der Waals surface area contributed by atoms with Crippen LogP contribution in [-0.2, 0) is 19.5 Å². The van der Waals surface area contributed by atoms with Gasteiger partial charge >= 0.3 is 0 Å². The number of benzene rings is 1. The fourth-order valence-corrected chi connectivity index (χ4v) is 4.22. The van der Waals surface area contributed by atoms with Gasteiger partial charge in [-0.2, -0.15) is 5.10 Å². The van der Waals surface area contributed by atoms with Crippen LogP contribution in [0.2, 0.25) is 0 Å². The predicted molar refractivity (Wildman–Crippen MR) is 117 cm³/mol. The number of fused-ring (bicyclic) bond motifs is 1. The van der Waals surface area contributed by atoms with Crippen molar-refractivity contribution in [2.45, 2.75) is 58.7 Å². The minimum absolute atomic E-state index is 0.318. The number of rotatable bonds is 4. The lowest BCUT2D eigenvalue weighted by atomic mass is 9.99. The predicted octanol–water partition coefficient (Wildman–Crippen LogP) is 2.50. The van der Waals surface area contributed by atoms with Gasteiger partial charge in [-0.3, -0.25) is 4.99 Å². The molecule has 0 saturated carbocycles. The van der Waals surface area contributed by atoms with Gasteiger partial charge in [0.25, 0.3) is 0 Å². The van der Waals surface area contributed by atoms with E-state index in [4.69, 9.17) is 0 Å². The molecule has 0 bridgehead atoms. The summed E-state index contributed by atoms with van der Waals surface area (Å²) < 4.78 is 2.02. The molecule has 0 aliphatic carbocycles. The summed E-state index contributed by atoms with van der Waals surface area (Å²) in [5.41, 5.74) is 2.60. The average molecular weight is 396 g/mol. The Kier molecular flexibility index (Phi) is 6.02. The summed E-state index contributed by atoms with van der Waals surface area (Å²) in [7, 11) is 1.82. The van der Waals surface area contributed by atoms with E-state index < -0.39 is 0 Å². The van der Waals surface area contributed by atoms with Crippen LogP contribution in [0.4, 0.5) is 5.69 Å². The molecule has 2 N–H and O–H groups in total. The van der Waals surface area contributed by atoms with Gasteiger partial charge in [0.2, 0.25) is 0 Å². The summed E-state index contributed by atoms with van der Waals surface area (Å²) in [5, 5.41) is 11.5. The van der Waals surface area contributed by atoms with Crippen molar-refractivity contribution >= 4 is 11.6 Å².